The van der Waals surface area contributed by atoms with E-state index in [0.29, 0.717) is 5.58 Å². The molecule has 1 amide bonds. The molecule has 0 fully saturated rings. The number of nitrogens with two attached hydrogens (primary N) is 1. The van der Waals surface area contributed by atoms with E-state index in [9.17, 15) is 4.79 Å². The van der Waals surface area contributed by atoms with Crippen LogP contribution in [0.5, 0.6) is 0 Å². The number of amides is 1. The number of furan rings is 1. The summed E-state index contributed by atoms with van der Waals surface area (Å²) in [6.45, 7) is 1.82. The van der Waals surface area contributed by atoms with Crippen molar-refractivity contribution in [2.24, 2.45) is 5.84 Å². The van der Waals surface area contributed by atoms with Crippen LogP contribution in [0.15, 0.2) is 27.1 Å². The molecule has 2 rings (SSSR count). The number of rotatable bonds is 1. The van der Waals surface area contributed by atoms with Crippen molar-refractivity contribution in [3.8, 4) is 0 Å². The summed E-state index contributed by atoms with van der Waals surface area (Å²) in [5, 5.41) is 0.906. The van der Waals surface area contributed by atoms with Crippen LogP contribution in [0.2, 0.25) is 0 Å². The topological polar surface area (TPSA) is 68.3 Å². The predicted molar refractivity (Wildman–Crippen MR) is 60.3 cm³/mol. The number of hydrogen-bond donors (Lipinski definition) is 2. The lowest BCUT2D eigenvalue weighted by Gasteiger charge is -1.94. The third-order valence-corrected chi connectivity index (χ3v) is 2.73. The Morgan fingerprint density at radius 2 is 2.27 bits per heavy atom. The molecule has 0 spiro atoms. The molecule has 5 heteroatoms. The van der Waals surface area contributed by atoms with Crippen molar-refractivity contribution in [2.45, 2.75) is 6.92 Å². The third kappa shape index (κ3) is 1.64. The maximum absolute atomic E-state index is 11.3. The largest absolute Gasteiger partial charge is 0.451 e. The van der Waals surface area contributed by atoms with E-state index in [4.69, 9.17) is 10.3 Å². The molecule has 0 atom stereocenters. The van der Waals surface area contributed by atoms with Crippen molar-refractivity contribution in [3.05, 3.63) is 34.0 Å². The maximum atomic E-state index is 11.3. The van der Waals surface area contributed by atoms with Gasteiger partial charge in [0, 0.05) is 15.4 Å². The Balaban J connectivity index is 2.69. The Morgan fingerprint density at radius 1 is 1.53 bits per heavy atom. The summed E-state index contributed by atoms with van der Waals surface area (Å²) in [6, 6.07) is 5.57. The van der Waals surface area contributed by atoms with E-state index in [1.54, 1.807) is 6.07 Å². The minimum atomic E-state index is -0.417. The minimum Gasteiger partial charge on any atom is -0.451 e. The highest BCUT2D eigenvalue weighted by atomic mass is 79.9. The third-order valence-electron chi connectivity index (χ3n) is 2.24. The zero-order valence-corrected chi connectivity index (χ0v) is 9.59. The van der Waals surface area contributed by atoms with Gasteiger partial charge in [0.25, 0.3) is 0 Å². The van der Waals surface area contributed by atoms with Gasteiger partial charge in [-0.2, -0.15) is 0 Å². The molecule has 1 heterocycles. The van der Waals surface area contributed by atoms with Crippen molar-refractivity contribution in [2.75, 3.05) is 0 Å². The molecule has 0 aliphatic heterocycles. The first-order valence-corrected chi connectivity index (χ1v) is 5.12. The molecule has 4 nitrogen and oxygen atoms in total. The first-order valence-electron chi connectivity index (χ1n) is 4.33. The first-order chi connectivity index (χ1) is 7.13. The Labute approximate surface area is 94.5 Å². The van der Waals surface area contributed by atoms with E-state index in [1.165, 1.54) is 0 Å². The van der Waals surface area contributed by atoms with E-state index in [2.05, 4.69) is 21.4 Å². The molecule has 0 saturated heterocycles. The van der Waals surface area contributed by atoms with E-state index in [-0.39, 0.29) is 5.76 Å². The monoisotopic (exact) mass is 268 g/mol. The van der Waals surface area contributed by atoms with Crippen LogP contribution in [0.25, 0.3) is 11.0 Å². The van der Waals surface area contributed by atoms with Crippen LogP contribution in [0, 0.1) is 6.92 Å². The number of fused-ring (bicyclic) bond motifs is 1. The number of hydrogen-bond acceptors (Lipinski definition) is 3. The summed E-state index contributed by atoms with van der Waals surface area (Å²) in [6.07, 6.45) is 0. The highest BCUT2D eigenvalue weighted by Gasteiger charge is 2.16. The van der Waals surface area contributed by atoms with Crippen LogP contribution < -0.4 is 11.3 Å². The Kier molecular flexibility index (Phi) is 2.50. The van der Waals surface area contributed by atoms with Crippen molar-refractivity contribution in [3.63, 3.8) is 0 Å². The molecule has 78 valence electrons. The molecule has 1 aromatic heterocycles. The van der Waals surface area contributed by atoms with Crippen LogP contribution in [0.4, 0.5) is 0 Å². The molecule has 2 aromatic rings. The molecule has 0 saturated carbocycles. The number of carbonyl (C=O) groups excluding carboxylic acids is 1. The standard InChI is InChI=1S/C10H9BrN2O2/c1-5-7-4-6(11)2-3-8(7)15-9(5)10(14)13-12/h2-4H,12H2,1H3,(H,13,14). The molecule has 1 aromatic carbocycles. The summed E-state index contributed by atoms with van der Waals surface area (Å²) in [4.78, 5) is 11.3. The maximum Gasteiger partial charge on any atom is 0.301 e. The van der Waals surface area contributed by atoms with Gasteiger partial charge in [-0.05, 0) is 25.1 Å². The SMILES string of the molecule is Cc1c(C(=O)NN)oc2ccc(Br)cc12. The second-order valence-corrected chi connectivity index (χ2v) is 4.09. The van der Waals surface area contributed by atoms with Gasteiger partial charge in [-0.15, -0.1) is 0 Å². The fourth-order valence-electron chi connectivity index (χ4n) is 1.48. The van der Waals surface area contributed by atoms with E-state index >= 15 is 0 Å². The van der Waals surface area contributed by atoms with Gasteiger partial charge in [-0.3, -0.25) is 10.2 Å². The van der Waals surface area contributed by atoms with Gasteiger partial charge >= 0.3 is 5.91 Å². The molecule has 15 heavy (non-hydrogen) atoms. The van der Waals surface area contributed by atoms with Gasteiger partial charge in [0.15, 0.2) is 5.76 Å². The zero-order valence-electron chi connectivity index (χ0n) is 8.00. The molecule has 0 bridgehead atoms. The number of benzene rings is 1. The van der Waals surface area contributed by atoms with Crippen molar-refractivity contribution >= 4 is 32.8 Å². The summed E-state index contributed by atoms with van der Waals surface area (Å²) in [5.74, 6) is 4.89. The first kappa shape index (κ1) is 10.2. The van der Waals surface area contributed by atoms with Gasteiger partial charge in [0.2, 0.25) is 0 Å². The van der Waals surface area contributed by atoms with E-state index in [0.717, 1.165) is 15.4 Å². The number of nitrogen functional groups attached to an aromatic ring is 1. The van der Waals surface area contributed by atoms with Gasteiger partial charge in [-0.25, -0.2) is 5.84 Å². The number of aryl methyl sites for hydroxylation is 1. The normalized spacial score (nSPS) is 10.6. The molecule has 0 unspecified atom stereocenters. The van der Waals surface area contributed by atoms with Gasteiger partial charge < -0.3 is 4.42 Å². The Hall–Kier alpha value is -1.33. The summed E-state index contributed by atoms with van der Waals surface area (Å²) in [5.41, 5.74) is 3.51. The lowest BCUT2D eigenvalue weighted by molar-refractivity contribution is 0.0927. The highest BCUT2D eigenvalue weighted by molar-refractivity contribution is 9.10. The summed E-state index contributed by atoms with van der Waals surface area (Å²) < 4.78 is 6.34. The van der Waals surface area contributed by atoms with Crippen LogP contribution in [0.1, 0.15) is 16.1 Å². The Morgan fingerprint density at radius 3 is 2.93 bits per heavy atom. The summed E-state index contributed by atoms with van der Waals surface area (Å²) in [7, 11) is 0. The smallest absolute Gasteiger partial charge is 0.301 e. The van der Waals surface area contributed by atoms with E-state index < -0.39 is 5.91 Å². The lowest BCUT2D eigenvalue weighted by atomic mass is 10.1. The van der Waals surface area contributed by atoms with Crippen LogP contribution in [0.3, 0.4) is 0 Å². The van der Waals surface area contributed by atoms with Gasteiger partial charge in [0.05, 0.1) is 0 Å². The number of carbonyl (C=O) groups is 1. The average molecular weight is 269 g/mol. The second kappa shape index (κ2) is 3.67. The zero-order chi connectivity index (χ0) is 11.0. The molecule has 3 N–H and O–H groups in total. The van der Waals surface area contributed by atoms with Crippen molar-refractivity contribution in [1.29, 1.82) is 0 Å². The summed E-state index contributed by atoms with van der Waals surface area (Å²) >= 11 is 3.36. The molecular formula is C10H9BrN2O2. The van der Waals surface area contributed by atoms with Crippen LogP contribution >= 0.6 is 15.9 Å². The fourth-order valence-corrected chi connectivity index (χ4v) is 1.84. The van der Waals surface area contributed by atoms with Crippen LogP contribution in [-0.2, 0) is 0 Å². The number of nitrogens with one attached hydrogen (secondary N) is 1. The van der Waals surface area contributed by atoms with Gasteiger partial charge in [0.1, 0.15) is 5.58 Å². The minimum absolute atomic E-state index is 0.255. The molecule has 0 aliphatic rings. The Bertz CT molecular complexity index is 533. The molecular weight excluding hydrogens is 260 g/mol. The van der Waals surface area contributed by atoms with Crippen molar-refractivity contribution < 1.29 is 9.21 Å². The quantitative estimate of drug-likeness (QED) is 0.473. The lowest BCUT2D eigenvalue weighted by Crippen LogP contribution is -2.30. The number of hydrazine groups is 1. The van der Waals surface area contributed by atoms with Crippen LogP contribution in [-0.4, -0.2) is 5.91 Å². The van der Waals surface area contributed by atoms with E-state index in [1.807, 2.05) is 19.1 Å². The second-order valence-electron chi connectivity index (χ2n) is 3.17. The fraction of sp³-hybridized carbons (Fsp3) is 0.100. The molecule has 0 aliphatic carbocycles. The predicted octanol–water partition coefficient (Wildman–Crippen LogP) is 2.11. The average Bonchev–Trinajstić information content (AvgIpc) is 2.55. The molecule has 0 radical (unpaired) electrons. The highest BCUT2D eigenvalue weighted by Crippen LogP contribution is 2.27. The van der Waals surface area contributed by atoms with Gasteiger partial charge in [-0.1, -0.05) is 15.9 Å². The number of halogens is 1. The van der Waals surface area contributed by atoms with Crippen molar-refractivity contribution in [1.82, 2.24) is 5.43 Å².